The summed E-state index contributed by atoms with van der Waals surface area (Å²) in [5.74, 6) is 0. The Morgan fingerprint density at radius 1 is 0.436 bits per heavy atom. The Morgan fingerprint density at radius 3 is 1.58 bits per heavy atom. The van der Waals surface area contributed by atoms with Crippen LogP contribution in [-0.2, 0) is 0 Å². The van der Waals surface area contributed by atoms with E-state index in [2.05, 4.69) is 219 Å². The molecule has 0 aliphatic rings. The first-order valence-corrected chi connectivity index (χ1v) is 18.5. The van der Waals surface area contributed by atoms with E-state index in [1.54, 1.807) is 0 Å². The lowest BCUT2D eigenvalue weighted by Crippen LogP contribution is -2.10. The molecule has 0 saturated carbocycles. The van der Waals surface area contributed by atoms with Crippen LogP contribution in [0.5, 0.6) is 0 Å². The molecule has 10 aromatic rings. The molecule has 5 heteroatoms. The lowest BCUT2D eigenvalue weighted by Gasteiger charge is -2.26. The Hall–Kier alpha value is -7.21. The van der Waals surface area contributed by atoms with Gasteiger partial charge in [0, 0.05) is 63.2 Å². The van der Waals surface area contributed by atoms with Gasteiger partial charge in [-0.05, 0) is 114 Å². The molecule has 264 valence electrons. The van der Waals surface area contributed by atoms with Crippen molar-refractivity contribution in [3.05, 3.63) is 207 Å². The van der Waals surface area contributed by atoms with Crippen LogP contribution in [0.3, 0.4) is 0 Å². The number of pyridine rings is 1. The van der Waals surface area contributed by atoms with E-state index in [9.17, 15) is 0 Å². The van der Waals surface area contributed by atoms with Crippen molar-refractivity contribution in [2.45, 2.75) is 0 Å². The normalized spacial score (nSPS) is 11.1. The van der Waals surface area contributed by atoms with Crippen LogP contribution in [0, 0.1) is 0 Å². The summed E-state index contributed by atoms with van der Waals surface area (Å²) in [7, 11) is 1.50. The summed E-state index contributed by atoms with van der Waals surface area (Å²) in [4.78, 5) is 6.58. The minimum absolute atomic E-state index is 1.08. The third-order valence-electron chi connectivity index (χ3n) is 10.2. The number of anilines is 3. The first-order chi connectivity index (χ1) is 27.3. The number of para-hydroxylation sites is 2. The fraction of sp³-hybridized carbons (Fsp3) is 0.0200. The van der Waals surface area contributed by atoms with Gasteiger partial charge in [0.25, 0.3) is 0 Å². The molecule has 55 heavy (non-hydrogen) atoms. The highest BCUT2D eigenvalue weighted by Crippen LogP contribution is 2.42. The SMILES string of the molecule is CN.c1ccc(-c2ccc(N(c3ccc(-c4ccncc4)cc3)c3ccc4c(c3)c3ccc5ccn(-c6ccccc6)c5c3n4-c3ccccc3)cc2)cc1. The van der Waals surface area contributed by atoms with Gasteiger partial charge in [0.15, 0.2) is 0 Å². The molecule has 5 nitrogen and oxygen atoms in total. The molecule has 0 radical (unpaired) electrons. The zero-order valence-electron chi connectivity index (χ0n) is 30.5. The molecule has 0 fully saturated rings. The summed E-state index contributed by atoms with van der Waals surface area (Å²) in [6.07, 6.45) is 5.87. The van der Waals surface area contributed by atoms with Crippen molar-refractivity contribution in [2.75, 3.05) is 11.9 Å². The maximum atomic E-state index is 4.50. The third kappa shape index (κ3) is 6.13. The lowest BCUT2D eigenvalue weighted by molar-refractivity contribution is 1.12. The molecule has 3 aromatic heterocycles. The van der Waals surface area contributed by atoms with E-state index >= 15 is 0 Å². The molecule has 0 aliphatic heterocycles. The molecular formula is C50H39N5. The Labute approximate surface area is 320 Å². The first-order valence-electron chi connectivity index (χ1n) is 18.5. The second-order valence-corrected chi connectivity index (χ2v) is 13.3. The third-order valence-corrected chi connectivity index (χ3v) is 10.2. The van der Waals surface area contributed by atoms with Gasteiger partial charge in [0.2, 0.25) is 0 Å². The monoisotopic (exact) mass is 709 g/mol. The van der Waals surface area contributed by atoms with Gasteiger partial charge in [-0.3, -0.25) is 4.98 Å². The molecule has 0 unspecified atom stereocenters. The molecule has 2 N–H and O–H groups in total. The molecule has 7 aromatic carbocycles. The van der Waals surface area contributed by atoms with E-state index in [0.717, 1.165) is 45.1 Å². The van der Waals surface area contributed by atoms with Gasteiger partial charge in [0.1, 0.15) is 0 Å². The van der Waals surface area contributed by atoms with Gasteiger partial charge in [-0.15, -0.1) is 0 Å². The number of nitrogens with two attached hydrogens (primary N) is 1. The zero-order valence-corrected chi connectivity index (χ0v) is 30.5. The largest absolute Gasteiger partial charge is 0.333 e. The standard InChI is InChI=1S/C49H34N4.CH5N/c1-4-10-35(11-5-1)36-16-21-42(22-17-36)52(43-23-18-37(19-24-43)38-28-31-50-32-29-38)44-25-27-47-46(34-44)45-26-20-39-30-33-51(40-12-6-2-7-13-40)48(39)49(45)53(47)41-14-8-3-9-15-41;1-2/h1-34H;2H2,1H3. The second-order valence-electron chi connectivity index (χ2n) is 13.3. The highest BCUT2D eigenvalue weighted by molar-refractivity contribution is 6.19. The highest BCUT2D eigenvalue weighted by Gasteiger charge is 2.21. The van der Waals surface area contributed by atoms with Crippen LogP contribution in [0.25, 0.3) is 66.3 Å². The predicted octanol–water partition coefficient (Wildman–Crippen LogP) is 12.5. The van der Waals surface area contributed by atoms with Crippen molar-refractivity contribution in [3.8, 4) is 33.6 Å². The molecule has 0 bridgehead atoms. The van der Waals surface area contributed by atoms with Crippen LogP contribution >= 0.6 is 0 Å². The minimum Gasteiger partial charge on any atom is -0.333 e. The van der Waals surface area contributed by atoms with Crippen molar-refractivity contribution in [1.82, 2.24) is 14.1 Å². The topological polar surface area (TPSA) is 52.0 Å². The first kappa shape index (κ1) is 33.6. The van der Waals surface area contributed by atoms with E-state index in [-0.39, 0.29) is 0 Å². The Balaban J connectivity index is 0.00000195. The molecule has 10 rings (SSSR count). The van der Waals surface area contributed by atoms with Crippen molar-refractivity contribution < 1.29 is 0 Å². The number of fused-ring (bicyclic) bond motifs is 5. The van der Waals surface area contributed by atoms with Crippen LogP contribution < -0.4 is 10.6 Å². The van der Waals surface area contributed by atoms with Crippen LogP contribution in [0.15, 0.2) is 207 Å². The summed E-state index contributed by atoms with van der Waals surface area (Å²) in [5.41, 5.74) is 18.3. The fourth-order valence-corrected chi connectivity index (χ4v) is 7.73. The van der Waals surface area contributed by atoms with E-state index < -0.39 is 0 Å². The quantitative estimate of drug-likeness (QED) is 0.179. The average Bonchev–Trinajstić information content (AvgIpc) is 3.86. The predicted molar refractivity (Wildman–Crippen MR) is 231 cm³/mol. The number of rotatable bonds is 7. The molecule has 0 saturated heterocycles. The van der Waals surface area contributed by atoms with Crippen LogP contribution in [0.2, 0.25) is 0 Å². The Bertz CT molecular complexity index is 2760. The van der Waals surface area contributed by atoms with Crippen molar-refractivity contribution in [2.24, 2.45) is 5.73 Å². The fourth-order valence-electron chi connectivity index (χ4n) is 7.73. The average molecular weight is 710 g/mol. The summed E-state index contributed by atoms with van der Waals surface area (Å²) in [6, 6.07) is 67.4. The number of benzene rings is 7. The van der Waals surface area contributed by atoms with Gasteiger partial charge in [-0.2, -0.15) is 0 Å². The number of aromatic nitrogens is 3. The van der Waals surface area contributed by atoms with E-state index in [4.69, 9.17) is 0 Å². The summed E-state index contributed by atoms with van der Waals surface area (Å²) in [6.45, 7) is 0. The molecule has 0 spiro atoms. The maximum Gasteiger partial charge on any atom is 0.0788 e. The van der Waals surface area contributed by atoms with Crippen LogP contribution in [0.1, 0.15) is 0 Å². The number of hydrogen-bond acceptors (Lipinski definition) is 3. The summed E-state index contributed by atoms with van der Waals surface area (Å²) < 4.78 is 4.75. The number of nitrogens with zero attached hydrogens (tertiary/aromatic N) is 4. The summed E-state index contributed by atoms with van der Waals surface area (Å²) >= 11 is 0. The van der Waals surface area contributed by atoms with Gasteiger partial charge in [0.05, 0.1) is 16.6 Å². The van der Waals surface area contributed by atoms with Crippen LogP contribution in [-0.4, -0.2) is 21.2 Å². The Morgan fingerprint density at radius 2 is 0.964 bits per heavy atom. The van der Waals surface area contributed by atoms with Crippen molar-refractivity contribution in [1.29, 1.82) is 0 Å². The number of hydrogen-bond donors (Lipinski definition) is 1. The van der Waals surface area contributed by atoms with Crippen LogP contribution in [0.4, 0.5) is 17.1 Å². The van der Waals surface area contributed by atoms with E-state index in [1.165, 1.54) is 45.4 Å². The summed E-state index contributed by atoms with van der Waals surface area (Å²) in [5, 5.41) is 3.61. The van der Waals surface area contributed by atoms with Crippen molar-refractivity contribution >= 4 is 49.8 Å². The van der Waals surface area contributed by atoms with Gasteiger partial charge >= 0.3 is 0 Å². The highest BCUT2D eigenvalue weighted by atomic mass is 15.1. The molecule has 0 atom stereocenters. The van der Waals surface area contributed by atoms with E-state index in [1.807, 2.05) is 12.4 Å². The van der Waals surface area contributed by atoms with E-state index in [0.29, 0.717) is 0 Å². The Kier molecular flexibility index (Phi) is 8.96. The molecule has 3 heterocycles. The van der Waals surface area contributed by atoms with Crippen molar-refractivity contribution in [3.63, 3.8) is 0 Å². The lowest BCUT2D eigenvalue weighted by atomic mass is 10.0. The molecular weight excluding hydrogens is 671 g/mol. The zero-order chi connectivity index (χ0) is 37.1. The second kappa shape index (κ2) is 14.7. The minimum atomic E-state index is 1.08. The van der Waals surface area contributed by atoms with Gasteiger partial charge in [-0.1, -0.05) is 103 Å². The van der Waals surface area contributed by atoms with Gasteiger partial charge < -0.3 is 19.8 Å². The molecule has 0 amide bonds. The molecule has 0 aliphatic carbocycles. The maximum absolute atomic E-state index is 4.50. The smallest absolute Gasteiger partial charge is 0.0788 e. The van der Waals surface area contributed by atoms with Gasteiger partial charge in [-0.25, -0.2) is 0 Å².